The average molecular weight is 1800 g/mol. The van der Waals surface area contributed by atoms with Crippen molar-refractivity contribution in [2.24, 2.45) is 17.4 Å². The molecular weight excluding hydrogens is 1680 g/mol. The van der Waals surface area contributed by atoms with E-state index in [1.807, 2.05) is 13.8 Å². The predicted octanol–water partition coefficient (Wildman–Crippen LogP) is -2.02. The largest absolute Gasteiger partial charge is 0.394 e. The number of amides is 17. The molecule has 2 saturated heterocycles. The molecule has 3 aromatic carbocycles. The summed E-state index contributed by atoms with van der Waals surface area (Å²) in [5.41, 5.74) is 14.3. The summed E-state index contributed by atoms with van der Waals surface area (Å²) in [6, 6.07) is 2.42. The number of para-hydroxylation sites is 2. The fraction of sp³-hybridized carbons (Fsp3) is 0.517. The number of rotatable bonds is 23. The van der Waals surface area contributed by atoms with Crippen LogP contribution in [0.15, 0.2) is 104 Å². The number of likely N-dealkylation sites (N-methyl/N-ethyl adjacent to an activating group) is 4. The van der Waals surface area contributed by atoms with E-state index in [1.165, 1.54) is 54.6 Å². The lowest BCUT2D eigenvalue weighted by Gasteiger charge is -2.36. The third-order valence-electron chi connectivity index (χ3n) is 22.6. The van der Waals surface area contributed by atoms with Gasteiger partial charge >= 0.3 is 0 Å². The van der Waals surface area contributed by atoms with E-state index < -0.39 is 223 Å². The zero-order chi connectivity index (χ0) is 93.8. The first-order chi connectivity index (χ1) is 60.9. The molecule has 19 N–H and O–H groups in total. The van der Waals surface area contributed by atoms with Crippen molar-refractivity contribution < 1.29 is 91.7 Å². The quantitative estimate of drug-likeness (QED) is 0.0329. The van der Waals surface area contributed by atoms with Crippen molar-refractivity contribution in [3.05, 3.63) is 126 Å². The van der Waals surface area contributed by atoms with Crippen LogP contribution in [0.4, 0.5) is 0 Å². The fourth-order valence-corrected chi connectivity index (χ4v) is 16.2. The summed E-state index contributed by atoms with van der Waals surface area (Å²) in [6.07, 6.45) is 4.33. The molecule has 0 bridgehead atoms. The molecule has 128 heavy (non-hydrogen) atoms. The number of nitrogens with two attached hydrogens (primary N) is 2. The average Bonchev–Trinajstić information content (AvgIpc) is 1.12. The molecule has 40 nitrogen and oxygen atoms in total. The van der Waals surface area contributed by atoms with Gasteiger partial charge in [0.1, 0.15) is 78.5 Å². The van der Waals surface area contributed by atoms with Gasteiger partial charge in [0.15, 0.2) is 0 Å². The second-order valence-corrected chi connectivity index (χ2v) is 33.9. The molecule has 5 heterocycles. The Balaban J connectivity index is 1.17. The van der Waals surface area contributed by atoms with Crippen LogP contribution in [0, 0.1) is 5.92 Å². The summed E-state index contributed by atoms with van der Waals surface area (Å²) in [5.74, 6) is -17.1. The molecule has 694 valence electrons. The number of aliphatic hydroxyl groups excluding tert-OH is 2. The number of aromatic amines is 3. The highest BCUT2D eigenvalue weighted by Crippen LogP contribution is 2.26. The number of hydrogen-bond acceptors (Lipinski definition) is 21. The molecule has 2 fully saturated rings. The number of nitrogens with zero attached hydrogens (tertiary/aromatic N) is 6. The van der Waals surface area contributed by atoms with Crippen molar-refractivity contribution in [2.75, 3.05) is 65.9 Å². The fourth-order valence-electron chi connectivity index (χ4n) is 15.4. The van der Waals surface area contributed by atoms with Crippen LogP contribution in [0.2, 0.25) is 0 Å². The number of aliphatic hydroxyl groups is 2. The summed E-state index contributed by atoms with van der Waals surface area (Å²) in [5, 5.41) is 49.8. The van der Waals surface area contributed by atoms with Gasteiger partial charge in [-0.05, 0) is 80.7 Å². The molecule has 6 aromatic rings. The van der Waals surface area contributed by atoms with Gasteiger partial charge in [0.2, 0.25) is 100 Å². The van der Waals surface area contributed by atoms with Gasteiger partial charge in [-0.3, -0.25) is 81.5 Å². The predicted molar refractivity (Wildman–Crippen MR) is 472 cm³/mol. The Morgan fingerprint density at radius 2 is 1.09 bits per heavy atom. The molecule has 14 atom stereocenters. The zero-order valence-electron chi connectivity index (χ0n) is 73.7. The molecule has 0 radical (unpaired) electrons. The van der Waals surface area contributed by atoms with E-state index in [1.54, 1.807) is 105 Å². The SMILES string of the molecule is CCCC[C@H]1C(=O)N(C)[C@@H](CCCC)C(=O)N[C@@H]([C@@H](C)O)C(=O)N[C@H](C(=O)NCC(N)=O)CSCC(=O)N[C@@H](Cc2ccccc2)C(=O)N(C)[C@@H](C)C(=O)N[C@@H](CC(N)=O)C(=O)N2CCC[C@H]2C(=O)N[C@@H](Cc2cnc[nH]2)C(=O)N[C@@H](CC(C)C)C(=O)N(C)CC(=O)N[C@@H](Cc2c[nH]c3ccccc23)C(=O)N[C@@H](CO)C(=O)N[C@@H](Cc2c[nH]c3ccccc23)C(=O)N1C. The van der Waals surface area contributed by atoms with Crippen molar-refractivity contribution in [2.45, 2.75) is 216 Å². The number of primary amides is 2. The number of benzene rings is 3. The number of nitrogens with one attached hydrogen (secondary N) is 13. The molecule has 2 aliphatic heterocycles. The Bertz CT molecular complexity index is 4910. The molecule has 0 unspecified atom stereocenters. The monoisotopic (exact) mass is 1800 g/mol. The third-order valence-corrected chi connectivity index (χ3v) is 23.6. The van der Waals surface area contributed by atoms with Gasteiger partial charge in [-0.15, -0.1) is 11.8 Å². The Labute approximate surface area is 745 Å². The maximum atomic E-state index is 15.6. The van der Waals surface area contributed by atoms with E-state index in [2.05, 4.69) is 73.1 Å². The summed E-state index contributed by atoms with van der Waals surface area (Å²) in [6.45, 7) is 7.04. The van der Waals surface area contributed by atoms with E-state index in [-0.39, 0.29) is 70.3 Å². The third kappa shape index (κ3) is 28.1. The number of fused-ring (bicyclic) bond motifs is 3. The number of H-pyrrole nitrogens is 3. The second kappa shape index (κ2) is 48.2. The van der Waals surface area contributed by atoms with Crippen molar-refractivity contribution >= 4 is 134 Å². The van der Waals surface area contributed by atoms with Crippen molar-refractivity contribution in [3.63, 3.8) is 0 Å². The summed E-state index contributed by atoms with van der Waals surface area (Å²) < 4.78 is 0. The number of unbranched alkanes of at least 4 members (excludes halogenated alkanes) is 2. The lowest BCUT2D eigenvalue weighted by molar-refractivity contribution is -0.149. The van der Waals surface area contributed by atoms with E-state index >= 15 is 19.2 Å². The van der Waals surface area contributed by atoms with Crippen LogP contribution in [-0.4, -0.2) is 306 Å². The first-order valence-corrected chi connectivity index (χ1v) is 44.0. The molecule has 8 rings (SSSR count). The van der Waals surface area contributed by atoms with Crippen LogP contribution in [0.5, 0.6) is 0 Å². The maximum Gasteiger partial charge on any atom is 0.246 e. The number of imidazole rings is 1. The van der Waals surface area contributed by atoms with Crippen LogP contribution in [0.25, 0.3) is 21.8 Å². The lowest BCUT2D eigenvalue weighted by Crippen LogP contribution is -2.62. The van der Waals surface area contributed by atoms with Crippen LogP contribution >= 0.6 is 11.8 Å². The molecule has 0 saturated carbocycles. The number of thioether (sulfide) groups is 1. The Morgan fingerprint density at radius 1 is 0.547 bits per heavy atom. The normalized spacial score (nSPS) is 24.2. The van der Waals surface area contributed by atoms with E-state index in [9.17, 15) is 72.5 Å². The minimum atomic E-state index is -1.87. The summed E-state index contributed by atoms with van der Waals surface area (Å²) in [4.78, 5) is 265. The first kappa shape index (κ1) is 101. The van der Waals surface area contributed by atoms with Crippen molar-refractivity contribution in [1.29, 1.82) is 0 Å². The molecule has 2 aliphatic rings. The highest BCUT2D eigenvalue weighted by atomic mass is 32.2. The molecule has 0 spiro atoms. The maximum absolute atomic E-state index is 15.6. The lowest BCUT2D eigenvalue weighted by atomic mass is 10.00. The van der Waals surface area contributed by atoms with Gasteiger partial charge in [0.05, 0.1) is 44.3 Å². The smallest absolute Gasteiger partial charge is 0.246 e. The van der Waals surface area contributed by atoms with Gasteiger partial charge in [0.25, 0.3) is 0 Å². The highest BCUT2D eigenvalue weighted by Gasteiger charge is 2.44. The minimum Gasteiger partial charge on any atom is -0.394 e. The van der Waals surface area contributed by atoms with Gasteiger partial charge in [-0.2, -0.15) is 0 Å². The van der Waals surface area contributed by atoms with Crippen LogP contribution in [-0.2, 0) is 107 Å². The first-order valence-electron chi connectivity index (χ1n) is 42.8. The molecule has 41 heteroatoms. The van der Waals surface area contributed by atoms with Crippen LogP contribution < -0.4 is 64.6 Å². The second-order valence-electron chi connectivity index (χ2n) is 32.8. The van der Waals surface area contributed by atoms with Gasteiger partial charge in [0, 0.05) is 112 Å². The number of aromatic nitrogens is 4. The number of carbonyl (C=O) groups is 17. The van der Waals surface area contributed by atoms with Gasteiger partial charge < -0.3 is 114 Å². The number of hydrogen-bond donors (Lipinski definition) is 17. The van der Waals surface area contributed by atoms with Crippen molar-refractivity contribution in [3.8, 4) is 0 Å². The molecule has 17 amide bonds. The van der Waals surface area contributed by atoms with E-state index in [4.69, 9.17) is 11.5 Å². The van der Waals surface area contributed by atoms with Crippen LogP contribution in [0.1, 0.15) is 128 Å². The molecule has 0 aliphatic carbocycles. The topological polar surface area (TPSA) is 579 Å². The van der Waals surface area contributed by atoms with Gasteiger partial charge in [-0.1, -0.05) is 120 Å². The van der Waals surface area contributed by atoms with Gasteiger partial charge in [-0.25, -0.2) is 4.98 Å². The van der Waals surface area contributed by atoms with E-state index in [0.717, 1.165) is 36.3 Å². The summed E-state index contributed by atoms with van der Waals surface area (Å²) in [7, 11) is 5.19. The molecular formula is C87H121N21O19S. The minimum absolute atomic E-state index is 0.00261. The zero-order valence-corrected chi connectivity index (χ0v) is 74.5. The van der Waals surface area contributed by atoms with Crippen molar-refractivity contribution in [1.82, 2.24) is 97.6 Å². The van der Waals surface area contributed by atoms with E-state index in [0.29, 0.717) is 69.9 Å². The Kier molecular flexibility index (Phi) is 37.9. The van der Waals surface area contributed by atoms with Crippen LogP contribution in [0.3, 0.4) is 0 Å². The summed E-state index contributed by atoms with van der Waals surface area (Å²) >= 11 is 0.764. The Morgan fingerprint density at radius 3 is 1.67 bits per heavy atom. The standard InChI is InChI=1S/C87H121N21O19S/c1-11-13-29-67-80(120)103-74(50(6)110)82(122)102-66(76(116)93-42-71(89)112)45-128-46-73(114)96-62(34-51-23-16-15-17-24-51)84(124)105(8)49(5)75(115)98-64(38-70(88)111)86(126)108-32-22-31-68(108)81(121)97-60(37-54-41-90-47-94-54)78(118)99-61(33-48(3)4)83(123)104(7)43-72(113)95-59(35-52-39-91-57-27-20-18-25-55(52)57)77(117)101-65(44-109)79(119)100-63(36-53-40-92-58-28-21-19-26-56(53)58)85(125)107(10)69(30-14-12-2)87(127)106(67)9/h15-21,23-28,39-41,47-50,59-69,74,91-92,109-110H,11-14,22,29-38,42-46H2,1-10H3,(H2,88,111)(H2,89,112)(H,90,94)(H,93,116)(H,95,113)(H,96,114)(H,97,121)(H,98,115)(H,99,118)(H,100,119)(H,101,117)(H,102,122)(H,103,120)/t49-,50+,59-,60-,61-,62-,63-,64-,65-,66-,67-,68-,69-,74-/m0/s1. The number of carbonyl (C=O) groups excluding carboxylic acids is 17. The highest BCUT2D eigenvalue weighted by molar-refractivity contribution is 8.00. The molecule has 3 aromatic heterocycles. The Hall–Kier alpha value is -12.8.